The van der Waals surface area contributed by atoms with Crippen LogP contribution >= 0.6 is 31.9 Å². The summed E-state index contributed by atoms with van der Waals surface area (Å²) in [6.07, 6.45) is 0. The lowest BCUT2D eigenvalue weighted by molar-refractivity contribution is 1.77. The zero-order valence-electron chi connectivity index (χ0n) is 10.4. The Morgan fingerprint density at radius 2 is 0.950 bits per heavy atom. The van der Waals surface area contributed by atoms with Crippen LogP contribution in [0.5, 0.6) is 0 Å². The molecular weight excluding hydrogens is 374 g/mol. The minimum Gasteiger partial charge on any atom is -0.0878 e. The monoisotopic (exact) mass is 378 g/mol. The van der Waals surface area contributed by atoms with Crippen molar-refractivity contribution in [1.29, 1.82) is 0 Å². The maximum atomic E-state index is 6.17. The van der Waals surface area contributed by atoms with Gasteiger partial charge in [0.2, 0.25) is 0 Å². The smallest absolute Gasteiger partial charge is 0.0878 e. The fraction of sp³-hybridized carbons (Fsp3) is 0. The molecule has 20 heavy (non-hydrogen) atoms. The van der Waals surface area contributed by atoms with Crippen molar-refractivity contribution in [2.45, 2.75) is 0 Å². The second kappa shape index (κ2) is 4.25. The van der Waals surface area contributed by atoms with Crippen LogP contribution in [0.2, 0.25) is 0 Å². The van der Waals surface area contributed by atoms with Crippen molar-refractivity contribution in [2.75, 3.05) is 0 Å². The standard InChI is InChI=1S/C16H6B2Br2/c17-11-5-14(20)10-4-2-8-12(18)6-13(19)9-3-1-7(11)15(10)16(8)9/h1-6H. The molecule has 0 fully saturated rings. The molecular formula is C16H6B2Br2. The summed E-state index contributed by atoms with van der Waals surface area (Å²) in [4.78, 5) is 0. The van der Waals surface area contributed by atoms with Crippen LogP contribution in [0.3, 0.4) is 0 Å². The van der Waals surface area contributed by atoms with Gasteiger partial charge in [0.15, 0.2) is 0 Å². The lowest BCUT2D eigenvalue weighted by Gasteiger charge is -2.16. The molecule has 4 radical (unpaired) electrons. The molecule has 4 heteroatoms. The minimum absolute atomic E-state index is 0.775. The molecule has 0 unspecified atom stereocenters. The SMILES string of the molecule is [B]c1cc(Br)c2ccc3c([B])cc(Br)c4ccc1c2c34. The summed E-state index contributed by atoms with van der Waals surface area (Å²) in [7, 11) is 12.3. The van der Waals surface area contributed by atoms with Crippen LogP contribution in [0.4, 0.5) is 0 Å². The maximum Gasteiger partial charge on any atom is 0.114 e. The molecule has 0 aliphatic rings. The summed E-state index contributed by atoms with van der Waals surface area (Å²) in [5.41, 5.74) is 1.55. The Morgan fingerprint density at radius 3 is 1.35 bits per heavy atom. The van der Waals surface area contributed by atoms with E-state index in [0.29, 0.717) is 0 Å². The van der Waals surface area contributed by atoms with Gasteiger partial charge in [0.05, 0.1) is 0 Å². The van der Waals surface area contributed by atoms with Gasteiger partial charge in [-0.15, -0.1) is 0 Å². The zero-order chi connectivity index (χ0) is 14.0. The summed E-state index contributed by atoms with van der Waals surface area (Å²) in [5.74, 6) is 0. The highest BCUT2D eigenvalue weighted by Crippen LogP contribution is 2.38. The van der Waals surface area contributed by atoms with Crippen LogP contribution in [0, 0.1) is 0 Å². The van der Waals surface area contributed by atoms with Gasteiger partial charge in [-0.2, -0.15) is 0 Å². The Labute approximate surface area is 135 Å². The van der Waals surface area contributed by atoms with Crippen LogP contribution < -0.4 is 10.9 Å². The number of halogens is 2. The van der Waals surface area contributed by atoms with Gasteiger partial charge in [-0.25, -0.2) is 0 Å². The zero-order valence-corrected chi connectivity index (χ0v) is 13.5. The number of hydrogen-bond donors (Lipinski definition) is 0. The molecule has 0 atom stereocenters. The molecule has 90 valence electrons. The van der Waals surface area contributed by atoms with Crippen molar-refractivity contribution < 1.29 is 0 Å². The van der Waals surface area contributed by atoms with Crippen LogP contribution in [0.25, 0.3) is 32.3 Å². The molecule has 4 rings (SSSR count). The highest BCUT2D eigenvalue weighted by Gasteiger charge is 2.14. The molecule has 0 amide bonds. The van der Waals surface area contributed by atoms with Gasteiger partial charge in [-0.1, -0.05) is 79.2 Å². The Bertz CT molecular complexity index is 839. The second-order valence-corrected chi connectivity index (χ2v) is 6.68. The Morgan fingerprint density at radius 1 is 0.600 bits per heavy atom. The fourth-order valence-corrected chi connectivity index (χ4v) is 4.11. The summed E-state index contributed by atoms with van der Waals surface area (Å²) >= 11 is 7.21. The van der Waals surface area contributed by atoms with Gasteiger partial charge in [0.25, 0.3) is 0 Å². The van der Waals surface area contributed by atoms with Gasteiger partial charge in [-0.3, -0.25) is 0 Å². The van der Waals surface area contributed by atoms with E-state index in [1.807, 2.05) is 12.1 Å². The third-order valence-corrected chi connectivity index (χ3v) is 5.17. The van der Waals surface area contributed by atoms with E-state index in [1.165, 1.54) is 10.8 Å². The van der Waals surface area contributed by atoms with Gasteiger partial charge in [0, 0.05) is 8.95 Å². The van der Waals surface area contributed by atoms with E-state index in [4.69, 9.17) is 15.7 Å². The number of rotatable bonds is 0. The second-order valence-electron chi connectivity index (χ2n) is 4.97. The predicted molar refractivity (Wildman–Crippen MR) is 96.3 cm³/mol. The molecule has 0 nitrogen and oxygen atoms in total. The van der Waals surface area contributed by atoms with Crippen LogP contribution in [-0.2, 0) is 0 Å². The topological polar surface area (TPSA) is 0 Å². The van der Waals surface area contributed by atoms with E-state index in [2.05, 4.69) is 56.1 Å². The molecule has 0 spiro atoms. The van der Waals surface area contributed by atoms with Crippen molar-refractivity contribution in [3.05, 3.63) is 45.3 Å². The molecule has 0 aliphatic carbocycles. The first kappa shape index (κ1) is 12.7. The van der Waals surface area contributed by atoms with Gasteiger partial charge in [-0.05, 0) is 32.3 Å². The Balaban J connectivity index is 2.47. The van der Waals surface area contributed by atoms with Crippen molar-refractivity contribution in [2.24, 2.45) is 0 Å². The van der Waals surface area contributed by atoms with E-state index < -0.39 is 0 Å². The highest BCUT2D eigenvalue weighted by molar-refractivity contribution is 9.11. The molecule has 0 saturated carbocycles. The first-order valence-corrected chi connectivity index (χ1v) is 7.77. The number of hydrogen-bond acceptors (Lipinski definition) is 0. The van der Waals surface area contributed by atoms with Crippen LogP contribution in [0.15, 0.2) is 45.3 Å². The molecule has 0 aromatic heterocycles. The molecule has 0 saturated heterocycles. The largest absolute Gasteiger partial charge is 0.114 e. The van der Waals surface area contributed by atoms with Crippen molar-refractivity contribution in [3.8, 4) is 0 Å². The maximum absolute atomic E-state index is 6.17. The van der Waals surface area contributed by atoms with Gasteiger partial charge in [0.1, 0.15) is 15.7 Å². The summed E-state index contributed by atoms with van der Waals surface area (Å²) in [6.45, 7) is 0. The molecule has 0 N–H and O–H groups in total. The number of benzene rings is 4. The quantitative estimate of drug-likeness (QED) is 0.323. The van der Waals surface area contributed by atoms with Crippen molar-refractivity contribution in [1.82, 2.24) is 0 Å². The van der Waals surface area contributed by atoms with E-state index >= 15 is 0 Å². The minimum atomic E-state index is 0.775. The average molecular weight is 380 g/mol. The highest BCUT2D eigenvalue weighted by atomic mass is 79.9. The van der Waals surface area contributed by atoms with Gasteiger partial charge < -0.3 is 0 Å². The molecule has 4 aromatic rings. The lowest BCUT2D eigenvalue weighted by Crippen LogP contribution is -2.08. The van der Waals surface area contributed by atoms with E-state index in [0.717, 1.165) is 41.4 Å². The summed E-state index contributed by atoms with van der Waals surface area (Å²) in [6, 6.07) is 12.3. The molecule has 0 aliphatic heterocycles. The van der Waals surface area contributed by atoms with Crippen molar-refractivity contribution >= 4 is 90.8 Å². The lowest BCUT2D eigenvalue weighted by atomic mass is 9.82. The van der Waals surface area contributed by atoms with Gasteiger partial charge >= 0.3 is 0 Å². The third-order valence-electron chi connectivity index (χ3n) is 3.86. The Hall–Kier alpha value is -0.990. The first-order chi connectivity index (χ1) is 9.58. The summed E-state index contributed by atoms with van der Waals surface area (Å²) in [5, 5.41) is 6.78. The van der Waals surface area contributed by atoms with Crippen LogP contribution in [0.1, 0.15) is 0 Å². The molecule has 0 heterocycles. The fourth-order valence-electron chi connectivity index (χ4n) is 2.96. The first-order valence-electron chi connectivity index (χ1n) is 6.18. The summed E-state index contributed by atoms with van der Waals surface area (Å²) < 4.78 is 2.02. The van der Waals surface area contributed by atoms with E-state index in [1.54, 1.807) is 0 Å². The normalized spacial score (nSPS) is 11.9. The van der Waals surface area contributed by atoms with Crippen LogP contribution in [-0.4, -0.2) is 15.7 Å². The predicted octanol–water partition coefficient (Wildman–Crippen LogP) is 3.70. The third kappa shape index (κ3) is 1.55. The van der Waals surface area contributed by atoms with E-state index in [9.17, 15) is 0 Å². The molecule has 0 bridgehead atoms. The molecule has 4 aromatic carbocycles. The average Bonchev–Trinajstić information content (AvgIpc) is 2.42. The Kier molecular flexibility index (Phi) is 2.71. The van der Waals surface area contributed by atoms with Crippen molar-refractivity contribution in [3.63, 3.8) is 0 Å². The van der Waals surface area contributed by atoms with E-state index in [-0.39, 0.29) is 0 Å².